The molecule has 3 amide bonds. The number of nitrogens with one attached hydrogen (secondary N) is 1. The first-order valence-corrected chi connectivity index (χ1v) is 10.8. The van der Waals surface area contributed by atoms with Crippen LogP contribution in [0, 0.1) is 5.82 Å². The van der Waals surface area contributed by atoms with Crippen molar-refractivity contribution >= 4 is 23.4 Å². The minimum Gasteiger partial charge on any atom is -0.352 e. The molecule has 0 radical (unpaired) electrons. The minimum atomic E-state index is -0.514. The Hall–Kier alpha value is -3.06. The quantitative estimate of drug-likeness (QED) is 0.569. The van der Waals surface area contributed by atoms with Gasteiger partial charge in [-0.25, -0.2) is 9.29 Å². The average molecular weight is 423 g/mol. The number of fused-ring (bicyclic) bond motifs is 1. The zero-order valence-electron chi connectivity index (χ0n) is 17.6. The highest BCUT2D eigenvalue weighted by Crippen LogP contribution is 2.29. The standard InChI is InChI=1S/C24H26FN3O3/c1-16-5-2-3-13-27(16)14-4-12-26-22(29)17-6-11-20-21(15-17)24(31)28(23(20)30)19-9-7-18(25)8-10-19/h6-11,15-16H,2-5,12-14H2,1H3,(H,26,29). The number of rotatable bonds is 6. The van der Waals surface area contributed by atoms with Gasteiger partial charge in [-0.05, 0) is 75.2 Å². The third kappa shape index (κ3) is 4.37. The predicted octanol–water partition coefficient (Wildman–Crippen LogP) is 3.62. The van der Waals surface area contributed by atoms with Crippen LogP contribution >= 0.6 is 0 Å². The van der Waals surface area contributed by atoms with E-state index in [0.717, 1.165) is 24.4 Å². The highest BCUT2D eigenvalue weighted by Gasteiger charge is 2.37. The molecule has 162 valence electrons. The number of nitrogens with zero attached hydrogens (tertiary/aromatic N) is 2. The average Bonchev–Trinajstić information content (AvgIpc) is 3.02. The van der Waals surface area contributed by atoms with Crippen molar-refractivity contribution in [2.24, 2.45) is 0 Å². The van der Waals surface area contributed by atoms with E-state index in [-0.39, 0.29) is 17.0 Å². The third-order valence-corrected chi connectivity index (χ3v) is 6.08. The lowest BCUT2D eigenvalue weighted by Crippen LogP contribution is -2.39. The van der Waals surface area contributed by atoms with Gasteiger partial charge in [0.2, 0.25) is 0 Å². The van der Waals surface area contributed by atoms with E-state index in [1.807, 2.05) is 0 Å². The number of halogens is 1. The number of carbonyl (C=O) groups excluding carboxylic acids is 3. The third-order valence-electron chi connectivity index (χ3n) is 6.08. The van der Waals surface area contributed by atoms with Crippen molar-refractivity contribution in [3.05, 3.63) is 65.0 Å². The van der Waals surface area contributed by atoms with Crippen LogP contribution in [0.15, 0.2) is 42.5 Å². The van der Waals surface area contributed by atoms with Gasteiger partial charge in [-0.15, -0.1) is 0 Å². The highest BCUT2D eigenvalue weighted by molar-refractivity contribution is 6.34. The van der Waals surface area contributed by atoms with Gasteiger partial charge in [0, 0.05) is 24.7 Å². The maximum Gasteiger partial charge on any atom is 0.266 e. The van der Waals surface area contributed by atoms with Gasteiger partial charge in [0.15, 0.2) is 0 Å². The van der Waals surface area contributed by atoms with Crippen molar-refractivity contribution in [3.8, 4) is 0 Å². The maximum atomic E-state index is 13.2. The van der Waals surface area contributed by atoms with Crippen molar-refractivity contribution in [1.82, 2.24) is 10.2 Å². The second kappa shape index (κ2) is 8.98. The smallest absolute Gasteiger partial charge is 0.266 e. The van der Waals surface area contributed by atoms with E-state index in [9.17, 15) is 18.8 Å². The molecule has 0 bridgehead atoms. The van der Waals surface area contributed by atoms with E-state index in [0.29, 0.717) is 23.8 Å². The number of hydrogen-bond acceptors (Lipinski definition) is 4. The number of anilines is 1. The number of likely N-dealkylation sites (tertiary alicyclic amines) is 1. The van der Waals surface area contributed by atoms with Gasteiger partial charge in [-0.1, -0.05) is 6.42 Å². The Morgan fingerprint density at radius 2 is 1.81 bits per heavy atom. The zero-order chi connectivity index (χ0) is 22.0. The number of imide groups is 1. The van der Waals surface area contributed by atoms with Crippen molar-refractivity contribution in [2.45, 2.75) is 38.6 Å². The van der Waals surface area contributed by atoms with E-state index < -0.39 is 17.6 Å². The lowest BCUT2D eigenvalue weighted by Gasteiger charge is -2.33. The second-order valence-electron chi connectivity index (χ2n) is 8.17. The first-order chi connectivity index (χ1) is 15.0. The molecule has 7 heteroatoms. The molecule has 31 heavy (non-hydrogen) atoms. The fourth-order valence-electron chi connectivity index (χ4n) is 4.28. The summed E-state index contributed by atoms with van der Waals surface area (Å²) in [4.78, 5) is 41.5. The van der Waals surface area contributed by atoms with E-state index in [1.165, 1.54) is 55.7 Å². The molecule has 1 fully saturated rings. The number of amides is 3. The first-order valence-electron chi connectivity index (χ1n) is 10.8. The summed E-state index contributed by atoms with van der Waals surface area (Å²) in [7, 11) is 0. The molecular weight excluding hydrogens is 397 g/mol. The van der Waals surface area contributed by atoms with Crippen LogP contribution in [0.3, 0.4) is 0 Å². The van der Waals surface area contributed by atoms with Crippen LogP contribution in [-0.2, 0) is 0 Å². The van der Waals surface area contributed by atoms with Gasteiger partial charge in [-0.3, -0.25) is 14.4 Å². The maximum absolute atomic E-state index is 13.2. The van der Waals surface area contributed by atoms with Gasteiger partial charge in [0.1, 0.15) is 5.82 Å². The summed E-state index contributed by atoms with van der Waals surface area (Å²) in [5.74, 6) is -1.71. The molecule has 2 aliphatic heterocycles. The molecule has 2 heterocycles. The lowest BCUT2D eigenvalue weighted by molar-refractivity contribution is 0.0923. The molecule has 2 aromatic carbocycles. The molecule has 0 spiro atoms. The van der Waals surface area contributed by atoms with E-state index in [2.05, 4.69) is 17.1 Å². The molecule has 2 aromatic rings. The van der Waals surface area contributed by atoms with Crippen molar-refractivity contribution in [3.63, 3.8) is 0 Å². The summed E-state index contributed by atoms with van der Waals surface area (Å²) in [5.41, 5.74) is 1.06. The summed E-state index contributed by atoms with van der Waals surface area (Å²) in [6, 6.07) is 10.3. The van der Waals surface area contributed by atoms with Gasteiger partial charge in [0.05, 0.1) is 16.8 Å². The van der Waals surface area contributed by atoms with Crippen LogP contribution in [0.2, 0.25) is 0 Å². The Morgan fingerprint density at radius 1 is 1.06 bits per heavy atom. The van der Waals surface area contributed by atoms with Crippen molar-refractivity contribution in [1.29, 1.82) is 0 Å². The summed E-state index contributed by atoms with van der Waals surface area (Å²) < 4.78 is 13.2. The molecule has 1 unspecified atom stereocenters. The van der Waals surface area contributed by atoms with Crippen LogP contribution < -0.4 is 10.2 Å². The molecule has 6 nitrogen and oxygen atoms in total. The van der Waals surface area contributed by atoms with Gasteiger partial charge < -0.3 is 10.2 Å². The lowest BCUT2D eigenvalue weighted by atomic mass is 10.0. The normalized spacial score (nSPS) is 18.9. The number of carbonyl (C=O) groups is 3. The SMILES string of the molecule is CC1CCCCN1CCCNC(=O)c1ccc2c(c1)C(=O)N(c1ccc(F)cc1)C2=O. The van der Waals surface area contributed by atoms with Crippen LogP contribution in [-0.4, -0.2) is 48.3 Å². The molecule has 0 aliphatic carbocycles. The number of benzene rings is 2. The van der Waals surface area contributed by atoms with Crippen molar-refractivity contribution < 1.29 is 18.8 Å². The monoisotopic (exact) mass is 423 g/mol. The van der Waals surface area contributed by atoms with Crippen LogP contribution in [0.5, 0.6) is 0 Å². The summed E-state index contributed by atoms with van der Waals surface area (Å²) in [6.45, 7) is 4.86. The van der Waals surface area contributed by atoms with E-state index in [1.54, 1.807) is 6.07 Å². The number of hydrogen-bond donors (Lipinski definition) is 1. The molecule has 0 saturated carbocycles. The second-order valence-corrected chi connectivity index (χ2v) is 8.17. The highest BCUT2D eigenvalue weighted by atomic mass is 19.1. The largest absolute Gasteiger partial charge is 0.352 e. The Labute approximate surface area is 181 Å². The van der Waals surface area contributed by atoms with Crippen LogP contribution in [0.1, 0.15) is 63.7 Å². The topological polar surface area (TPSA) is 69.7 Å². The number of piperidine rings is 1. The molecular formula is C24H26FN3O3. The molecule has 1 atom stereocenters. The Kier molecular flexibility index (Phi) is 6.13. The molecule has 2 aliphatic rings. The molecule has 0 aromatic heterocycles. The Balaban J connectivity index is 1.38. The Morgan fingerprint density at radius 3 is 2.55 bits per heavy atom. The van der Waals surface area contributed by atoms with Gasteiger partial charge in [-0.2, -0.15) is 0 Å². The molecule has 1 N–H and O–H groups in total. The predicted molar refractivity (Wildman–Crippen MR) is 116 cm³/mol. The first kappa shape index (κ1) is 21.2. The van der Waals surface area contributed by atoms with Crippen molar-refractivity contribution in [2.75, 3.05) is 24.5 Å². The fourth-order valence-corrected chi connectivity index (χ4v) is 4.28. The fraction of sp³-hybridized carbons (Fsp3) is 0.375. The van der Waals surface area contributed by atoms with E-state index >= 15 is 0 Å². The minimum absolute atomic E-state index is 0.184. The van der Waals surface area contributed by atoms with E-state index in [4.69, 9.17) is 0 Å². The summed E-state index contributed by atoms with van der Waals surface area (Å²) in [6.07, 6.45) is 4.60. The summed E-state index contributed by atoms with van der Waals surface area (Å²) in [5, 5.41) is 2.90. The van der Waals surface area contributed by atoms with Gasteiger partial charge in [0.25, 0.3) is 17.7 Å². The van der Waals surface area contributed by atoms with Gasteiger partial charge >= 0.3 is 0 Å². The molecule has 4 rings (SSSR count). The zero-order valence-corrected chi connectivity index (χ0v) is 17.6. The summed E-state index contributed by atoms with van der Waals surface area (Å²) >= 11 is 0. The van der Waals surface area contributed by atoms with Crippen LogP contribution in [0.25, 0.3) is 0 Å². The van der Waals surface area contributed by atoms with Crippen LogP contribution in [0.4, 0.5) is 10.1 Å². The molecule has 1 saturated heterocycles. The Bertz CT molecular complexity index is 1010.